The molecule has 0 fully saturated rings. The number of aromatic nitrogens is 1. The van der Waals surface area contributed by atoms with Crippen LogP contribution >= 0.6 is 0 Å². The zero-order valence-electron chi connectivity index (χ0n) is 12.8. The van der Waals surface area contributed by atoms with Gasteiger partial charge in [-0.2, -0.15) is 0 Å². The van der Waals surface area contributed by atoms with E-state index < -0.39 is 0 Å². The highest BCUT2D eigenvalue weighted by molar-refractivity contribution is 5.88. The van der Waals surface area contributed by atoms with Crippen LogP contribution in [0.25, 0.3) is 0 Å². The average molecular weight is 279 g/mol. The zero-order valence-corrected chi connectivity index (χ0v) is 12.8. The first-order chi connectivity index (χ1) is 9.60. The van der Waals surface area contributed by atoms with Crippen molar-refractivity contribution in [2.75, 3.05) is 26.7 Å². The Labute approximate surface area is 121 Å². The summed E-state index contributed by atoms with van der Waals surface area (Å²) < 4.78 is 4.64. The van der Waals surface area contributed by atoms with Gasteiger partial charge in [0.2, 0.25) is 0 Å². The highest BCUT2D eigenvalue weighted by Gasteiger charge is 2.08. The zero-order chi connectivity index (χ0) is 15.0. The summed E-state index contributed by atoms with van der Waals surface area (Å²) in [4.78, 5) is 17.9. The van der Waals surface area contributed by atoms with E-state index in [2.05, 4.69) is 40.7 Å². The Hall–Kier alpha value is -1.46. The number of methoxy groups -OCH3 is 1. The number of rotatable bonds is 8. The lowest BCUT2D eigenvalue weighted by Gasteiger charge is -2.23. The number of pyridine rings is 1. The van der Waals surface area contributed by atoms with Gasteiger partial charge in [-0.05, 0) is 32.1 Å². The van der Waals surface area contributed by atoms with Crippen molar-refractivity contribution in [1.82, 2.24) is 15.2 Å². The van der Waals surface area contributed by atoms with Crippen molar-refractivity contribution in [2.45, 2.75) is 33.4 Å². The van der Waals surface area contributed by atoms with Crippen molar-refractivity contribution in [1.29, 1.82) is 0 Å². The molecule has 1 N–H and O–H groups in total. The molecule has 0 saturated carbocycles. The number of nitrogens with zero attached hydrogens (tertiary/aromatic N) is 2. The number of hydrogen-bond donors (Lipinski definition) is 1. The molecule has 1 atom stereocenters. The molecule has 1 heterocycles. The van der Waals surface area contributed by atoms with Crippen LogP contribution in [0.3, 0.4) is 0 Å². The maximum absolute atomic E-state index is 11.3. The highest BCUT2D eigenvalue weighted by Crippen LogP contribution is 2.02. The minimum atomic E-state index is -0.355. The number of carbonyl (C=O) groups is 1. The van der Waals surface area contributed by atoms with Gasteiger partial charge in [-0.15, -0.1) is 0 Å². The smallest absolute Gasteiger partial charge is 0.339 e. The quantitative estimate of drug-likeness (QED) is 0.734. The fourth-order valence-electron chi connectivity index (χ4n) is 1.98. The predicted molar refractivity (Wildman–Crippen MR) is 79.7 cm³/mol. The van der Waals surface area contributed by atoms with E-state index in [1.54, 1.807) is 12.3 Å². The van der Waals surface area contributed by atoms with Crippen LogP contribution in [0.4, 0.5) is 0 Å². The first-order valence-electron chi connectivity index (χ1n) is 7.09. The van der Waals surface area contributed by atoms with Crippen LogP contribution in [0.1, 0.15) is 36.8 Å². The number of carbonyl (C=O) groups excluding carboxylic acids is 1. The Kier molecular flexibility index (Phi) is 7.18. The van der Waals surface area contributed by atoms with Crippen molar-refractivity contribution in [2.24, 2.45) is 0 Å². The van der Waals surface area contributed by atoms with E-state index in [1.807, 2.05) is 6.07 Å². The summed E-state index contributed by atoms with van der Waals surface area (Å²) in [5, 5.41) is 3.44. The van der Waals surface area contributed by atoms with Gasteiger partial charge in [0.05, 0.1) is 18.4 Å². The molecule has 0 amide bonds. The average Bonchev–Trinajstić information content (AvgIpc) is 2.50. The topological polar surface area (TPSA) is 54.5 Å². The Balaban J connectivity index is 2.43. The van der Waals surface area contributed by atoms with Crippen molar-refractivity contribution in [3.05, 3.63) is 29.6 Å². The molecule has 0 aliphatic rings. The number of esters is 1. The fourth-order valence-corrected chi connectivity index (χ4v) is 1.98. The van der Waals surface area contributed by atoms with Gasteiger partial charge in [-0.1, -0.05) is 13.8 Å². The van der Waals surface area contributed by atoms with Gasteiger partial charge in [0.25, 0.3) is 0 Å². The fraction of sp³-hybridized carbons (Fsp3) is 0.600. The van der Waals surface area contributed by atoms with Crippen LogP contribution in [0.2, 0.25) is 0 Å². The largest absolute Gasteiger partial charge is 0.465 e. The minimum absolute atomic E-state index is 0.355. The van der Waals surface area contributed by atoms with Gasteiger partial charge in [0.1, 0.15) is 0 Å². The molecule has 1 aromatic heterocycles. The van der Waals surface area contributed by atoms with E-state index in [9.17, 15) is 4.79 Å². The van der Waals surface area contributed by atoms with Crippen molar-refractivity contribution in [3.63, 3.8) is 0 Å². The van der Waals surface area contributed by atoms with Crippen molar-refractivity contribution in [3.8, 4) is 0 Å². The maximum atomic E-state index is 11.3. The molecule has 1 unspecified atom stereocenters. The Morgan fingerprint density at radius 2 is 2.10 bits per heavy atom. The second-order valence-electron chi connectivity index (χ2n) is 4.80. The number of ether oxygens (including phenoxy) is 1. The third kappa shape index (κ3) is 5.27. The van der Waals surface area contributed by atoms with Gasteiger partial charge in [-0.3, -0.25) is 4.98 Å². The first-order valence-corrected chi connectivity index (χ1v) is 7.09. The molecule has 20 heavy (non-hydrogen) atoms. The van der Waals surface area contributed by atoms with Gasteiger partial charge in [0.15, 0.2) is 0 Å². The molecule has 0 aliphatic carbocycles. The third-order valence-corrected chi connectivity index (χ3v) is 3.30. The molecule has 1 aromatic rings. The molecular formula is C15H25N3O2. The highest BCUT2D eigenvalue weighted by atomic mass is 16.5. The lowest BCUT2D eigenvalue weighted by atomic mass is 10.2. The summed E-state index contributed by atoms with van der Waals surface area (Å²) in [6, 6.07) is 3.99. The summed E-state index contributed by atoms with van der Waals surface area (Å²) in [6.07, 6.45) is 1.55. The van der Waals surface area contributed by atoms with Gasteiger partial charge in [0, 0.05) is 25.3 Å². The van der Waals surface area contributed by atoms with Crippen LogP contribution < -0.4 is 5.32 Å². The number of hydrogen-bond acceptors (Lipinski definition) is 5. The lowest BCUT2D eigenvalue weighted by molar-refractivity contribution is 0.0600. The summed E-state index contributed by atoms with van der Waals surface area (Å²) in [5.74, 6) is -0.355. The van der Waals surface area contributed by atoms with Crippen LogP contribution in [0, 0.1) is 0 Å². The van der Waals surface area contributed by atoms with Gasteiger partial charge >= 0.3 is 5.97 Å². The molecule has 0 bridgehead atoms. The Morgan fingerprint density at radius 1 is 1.40 bits per heavy atom. The molecule has 0 saturated heterocycles. The second-order valence-corrected chi connectivity index (χ2v) is 4.80. The third-order valence-electron chi connectivity index (χ3n) is 3.30. The van der Waals surface area contributed by atoms with E-state index >= 15 is 0 Å². The van der Waals surface area contributed by atoms with E-state index in [1.165, 1.54) is 7.11 Å². The molecule has 0 aromatic carbocycles. The van der Waals surface area contributed by atoms with Gasteiger partial charge < -0.3 is 15.0 Å². The van der Waals surface area contributed by atoms with E-state index in [4.69, 9.17) is 0 Å². The van der Waals surface area contributed by atoms with Crippen LogP contribution in [0.15, 0.2) is 18.3 Å². The normalized spacial score (nSPS) is 12.4. The van der Waals surface area contributed by atoms with Crippen LogP contribution in [-0.4, -0.2) is 48.6 Å². The molecule has 5 heteroatoms. The van der Waals surface area contributed by atoms with Gasteiger partial charge in [-0.25, -0.2) is 4.79 Å². The van der Waals surface area contributed by atoms with Crippen molar-refractivity contribution >= 4 is 5.97 Å². The van der Waals surface area contributed by atoms with Crippen LogP contribution in [-0.2, 0) is 11.3 Å². The monoisotopic (exact) mass is 279 g/mol. The molecule has 0 aliphatic heterocycles. The number of likely N-dealkylation sites (N-methyl/N-ethyl adjacent to an activating group) is 1. The van der Waals surface area contributed by atoms with E-state index in [0.29, 0.717) is 18.2 Å². The molecule has 0 spiro atoms. The second kappa shape index (κ2) is 8.66. The summed E-state index contributed by atoms with van der Waals surface area (Å²) in [6.45, 7) is 10.4. The Morgan fingerprint density at radius 3 is 2.60 bits per heavy atom. The summed E-state index contributed by atoms with van der Waals surface area (Å²) in [5.41, 5.74) is 1.40. The summed E-state index contributed by atoms with van der Waals surface area (Å²) >= 11 is 0. The van der Waals surface area contributed by atoms with Crippen molar-refractivity contribution < 1.29 is 9.53 Å². The van der Waals surface area contributed by atoms with E-state index in [-0.39, 0.29) is 5.97 Å². The molecule has 112 valence electrons. The number of nitrogens with one attached hydrogen (secondary N) is 1. The van der Waals surface area contributed by atoms with E-state index in [0.717, 1.165) is 25.3 Å². The molecular weight excluding hydrogens is 254 g/mol. The first kappa shape index (κ1) is 16.6. The summed E-state index contributed by atoms with van der Waals surface area (Å²) in [7, 11) is 1.37. The standard InChI is InChI=1S/C15H25N3O2/c1-5-18(6-2)11-12(3)16-10-14-8-7-13(9-17-14)15(19)20-4/h7-9,12,16H,5-6,10-11H2,1-4H3. The Bertz CT molecular complexity index is 402. The van der Waals surface area contributed by atoms with Crippen LogP contribution in [0.5, 0.6) is 0 Å². The predicted octanol–water partition coefficient (Wildman–Crippen LogP) is 1.69. The lowest BCUT2D eigenvalue weighted by Crippen LogP contribution is -2.38. The molecule has 5 nitrogen and oxygen atoms in total. The SMILES string of the molecule is CCN(CC)CC(C)NCc1ccc(C(=O)OC)cn1. The minimum Gasteiger partial charge on any atom is -0.465 e. The molecule has 1 rings (SSSR count). The molecule has 0 radical (unpaired) electrons. The maximum Gasteiger partial charge on any atom is 0.339 e.